The average molecular weight is 357 g/mol. The second kappa shape index (κ2) is 7.24. The lowest BCUT2D eigenvalue weighted by molar-refractivity contribution is 0.536. The summed E-state index contributed by atoms with van der Waals surface area (Å²) in [7, 11) is 0. The van der Waals surface area contributed by atoms with Crippen LogP contribution in [0.5, 0.6) is 0 Å². The molecule has 128 valence electrons. The van der Waals surface area contributed by atoms with Crippen LogP contribution in [-0.2, 0) is 16.8 Å². The lowest BCUT2D eigenvalue weighted by atomic mass is 9.91. The van der Waals surface area contributed by atoms with Crippen LogP contribution in [0.15, 0.2) is 91.0 Å². The molecule has 1 atom stereocenters. The zero-order valence-electron chi connectivity index (χ0n) is 14.1. The van der Waals surface area contributed by atoms with Gasteiger partial charge in [-0.3, -0.25) is 4.21 Å². The SMILES string of the molecule is O=S([O-])Cc1ccc(-c2cc3ccccc3cc2-c2ccccc2)cc1. The smallest absolute Gasteiger partial charge is 0.0353 e. The summed E-state index contributed by atoms with van der Waals surface area (Å²) in [5.41, 5.74) is 5.35. The summed E-state index contributed by atoms with van der Waals surface area (Å²) >= 11 is -2.07. The minimum atomic E-state index is -2.07. The van der Waals surface area contributed by atoms with Crippen LogP contribution in [0, 0.1) is 0 Å². The molecule has 2 nitrogen and oxygen atoms in total. The number of hydrogen-bond donors (Lipinski definition) is 0. The third kappa shape index (κ3) is 3.45. The van der Waals surface area contributed by atoms with Crippen molar-refractivity contribution < 1.29 is 8.76 Å². The predicted octanol–water partition coefficient (Wildman–Crippen LogP) is 5.55. The lowest BCUT2D eigenvalue weighted by Gasteiger charge is -2.13. The summed E-state index contributed by atoms with van der Waals surface area (Å²) in [6, 6.07) is 30.9. The molecule has 0 spiro atoms. The maximum atomic E-state index is 10.9. The van der Waals surface area contributed by atoms with Crippen molar-refractivity contribution in [3.8, 4) is 22.3 Å². The number of rotatable bonds is 4. The van der Waals surface area contributed by atoms with Crippen molar-refractivity contribution in [2.24, 2.45) is 0 Å². The second-order valence-corrected chi connectivity index (χ2v) is 7.15. The molecule has 1 unspecified atom stereocenters. The first kappa shape index (κ1) is 16.7. The molecular weight excluding hydrogens is 340 g/mol. The first-order valence-electron chi connectivity index (χ1n) is 8.44. The third-order valence-corrected chi connectivity index (χ3v) is 5.09. The molecule has 0 saturated heterocycles. The van der Waals surface area contributed by atoms with E-state index >= 15 is 0 Å². The Morgan fingerprint density at radius 1 is 0.654 bits per heavy atom. The first-order chi connectivity index (χ1) is 12.7. The van der Waals surface area contributed by atoms with Gasteiger partial charge in [0.05, 0.1) is 0 Å². The van der Waals surface area contributed by atoms with E-state index in [1.165, 1.54) is 16.3 Å². The van der Waals surface area contributed by atoms with Gasteiger partial charge in [-0.1, -0.05) is 89.9 Å². The molecule has 0 heterocycles. The molecule has 26 heavy (non-hydrogen) atoms. The Kier molecular flexibility index (Phi) is 4.65. The highest BCUT2D eigenvalue weighted by Gasteiger charge is 2.09. The number of hydrogen-bond acceptors (Lipinski definition) is 2. The predicted molar refractivity (Wildman–Crippen MR) is 107 cm³/mol. The zero-order chi connectivity index (χ0) is 17.9. The van der Waals surface area contributed by atoms with Crippen LogP contribution >= 0.6 is 0 Å². The van der Waals surface area contributed by atoms with Gasteiger partial charge >= 0.3 is 0 Å². The largest absolute Gasteiger partial charge is 0.772 e. The van der Waals surface area contributed by atoms with E-state index in [1.54, 1.807) is 0 Å². The molecule has 0 amide bonds. The molecular formula is C23H17O2S-. The first-order valence-corrected chi connectivity index (χ1v) is 9.68. The molecule has 0 aliphatic carbocycles. The molecule has 0 bridgehead atoms. The van der Waals surface area contributed by atoms with Crippen molar-refractivity contribution in [3.63, 3.8) is 0 Å². The van der Waals surface area contributed by atoms with E-state index < -0.39 is 11.1 Å². The Bertz CT molecular complexity index is 1070. The third-order valence-electron chi connectivity index (χ3n) is 4.52. The van der Waals surface area contributed by atoms with Crippen LogP contribution in [0.25, 0.3) is 33.0 Å². The molecule has 0 radical (unpaired) electrons. The van der Waals surface area contributed by atoms with E-state index in [-0.39, 0.29) is 5.75 Å². The Morgan fingerprint density at radius 3 is 1.69 bits per heavy atom. The summed E-state index contributed by atoms with van der Waals surface area (Å²) in [5.74, 6) is 0.0452. The Balaban J connectivity index is 1.88. The van der Waals surface area contributed by atoms with Crippen molar-refractivity contribution in [1.82, 2.24) is 0 Å². The van der Waals surface area contributed by atoms with Gasteiger partial charge in [-0.05, 0) is 50.7 Å². The van der Waals surface area contributed by atoms with Crippen LogP contribution in [-0.4, -0.2) is 8.76 Å². The van der Waals surface area contributed by atoms with Crippen molar-refractivity contribution in [2.75, 3.05) is 0 Å². The molecule has 4 aromatic carbocycles. The van der Waals surface area contributed by atoms with E-state index in [0.717, 1.165) is 22.3 Å². The lowest BCUT2D eigenvalue weighted by Crippen LogP contribution is -1.93. The molecule has 0 aromatic heterocycles. The summed E-state index contributed by atoms with van der Waals surface area (Å²) in [4.78, 5) is 0. The highest BCUT2D eigenvalue weighted by Crippen LogP contribution is 2.35. The van der Waals surface area contributed by atoms with E-state index in [4.69, 9.17) is 0 Å². The summed E-state index contributed by atoms with van der Waals surface area (Å²) in [6.45, 7) is 0. The summed E-state index contributed by atoms with van der Waals surface area (Å²) in [6.07, 6.45) is 0. The molecule has 4 rings (SSSR count). The summed E-state index contributed by atoms with van der Waals surface area (Å²) in [5, 5.41) is 2.39. The van der Waals surface area contributed by atoms with E-state index in [9.17, 15) is 8.76 Å². The van der Waals surface area contributed by atoms with E-state index in [2.05, 4.69) is 42.5 Å². The Morgan fingerprint density at radius 2 is 1.15 bits per heavy atom. The fourth-order valence-corrected chi connectivity index (χ4v) is 3.72. The quantitative estimate of drug-likeness (QED) is 0.449. The van der Waals surface area contributed by atoms with Crippen LogP contribution in [0.1, 0.15) is 5.56 Å². The maximum absolute atomic E-state index is 10.9. The summed E-state index contributed by atoms with van der Waals surface area (Å²) < 4.78 is 21.8. The van der Waals surface area contributed by atoms with Gasteiger partial charge in [-0.25, -0.2) is 0 Å². The molecule has 4 aromatic rings. The Labute approximate surface area is 155 Å². The van der Waals surface area contributed by atoms with Gasteiger partial charge in [0.1, 0.15) is 0 Å². The standard InChI is InChI=1S/C23H18O2S/c24-26(25)16-17-10-12-19(13-11-17)23-15-21-9-5-4-8-20(21)14-22(23)18-6-2-1-3-7-18/h1-15H,16H2,(H,24,25)/p-1. The van der Waals surface area contributed by atoms with Crippen molar-refractivity contribution in [3.05, 3.63) is 96.6 Å². The molecule has 0 fully saturated rings. The van der Waals surface area contributed by atoms with Gasteiger partial charge < -0.3 is 4.55 Å². The number of fused-ring (bicyclic) bond motifs is 1. The van der Waals surface area contributed by atoms with E-state index in [1.807, 2.05) is 48.5 Å². The van der Waals surface area contributed by atoms with Gasteiger partial charge in [0.25, 0.3) is 0 Å². The van der Waals surface area contributed by atoms with Gasteiger partial charge in [-0.15, -0.1) is 0 Å². The molecule has 3 heteroatoms. The monoisotopic (exact) mass is 357 g/mol. The van der Waals surface area contributed by atoms with Crippen LogP contribution < -0.4 is 0 Å². The van der Waals surface area contributed by atoms with Gasteiger partial charge in [0.2, 0.25) is 0 Å². The normalized spacial score (nSPS) is 12.2. The maximum Gasteiger partial charge on any atom is 0.0353 e. The van der Waals surface area contributed by atoms with Gasteiger partial charge in [0.15, 0.2) is 0 Å². The van der Waals surface area contributed by atoms with Crippen molar-refractivity contribution in [1.29, 1.82) is 0 Å². The van der Waals surface area contributed by atoms with Gasteiger partial charge in [-0.2, -0.15) is 0 Å². The minimum Gasteiger partial charge on any atom is -0.772 e. The molecule has 0 aliphatic heterocycles. The number of benzene rings is 4. The topological polar surface area (TPSA) is 40.1 Å². The minimum absolute atomic E-state index is 0.0452. The van der Waals surface area contributed by atoms with E-state index in [0.29, 0.717) is 0 Å². The molecule has 0 N–H and O–H groups in total. The fourth-order valence-electron chi connectivity index (χ4n) is 3.25. The van der Waals surface area contributed by atoms with Crippen LogP contribution in [0.2, 0.25) is 0 Å². The highest BCUT2D eigenvalue weighted by molar-refractivity contribution is 7.78. The van der Waals surface area contributed by atoms with Crippen molar-refractivity contribution in [2.45, 2.75) is 5.75 Å². The second-order valence-electron chi connectivity index (χ2n) is 6.26. The zero-order valence-corrected chi connectivity index (χ0v) is 14.9. The highest BCUT2D eigenvalue weighted by atomic mass is 32.2. The van der Waals surface area contributed by atoms with Crippen molar-refractivity contribution >= 4 is 21.9 Å². The Hall–Kier alpha value is -2.75. The van der Waals surface area contributed by atoms with Gasteiger partial charge in [0, 0.05) is 5.75 Å². The fraction of sp³-hybridized carbons (Fsp3) is 0.0435. The molecule has 0 saturated carbocycles. The van der Waals surface area contributed by atoms with Crippen LogP contribution in [0.3, 0.4) is 0 Å². The average Bonchev–Trinajstić information content (AvgIpc) is 2.68. The molecule has 0 aliphatic rings. The van der Waals surface area contributed by atoms with Crippen LogP contribution in [0.4, 0.5) is 0 Å².